The fourth-order valence-corrected chi connectivity index (χ4v) is 3.10. The van der Waals surface area contributed by atoms with Crippen molar-refractivity contribution < 1.29 is 0 Å². The Morgan fingerprint density at radius 2 is 2.19 bits per heavy atom. The number of rotatable bonds is 0. The van der Waals surface area contributed by atoms with Crippen molar-refractivity contribution >= 4 is 28.2 Å². The summed E-state index contributed by atoms with van der Waals surface area (Å²) in [6.45, 7) is 0.825. The van der Waals surface area contributed by atoms with Gasteiger partial charge in [0.25, 0.3) is 5.56 Å². The second-order valence-electron chi connectivity index (χ2n) is 3.99. The van der Waals surface area contributed by atoms with Crippen LogP contribution in [0.4, 0.5) is 5.69 Å². The van der Waals surface area contributed by atoms with Crippen LogP contribution in [-0.4, -0.2) is 10.3 Å². The molecule has 2 heterocycles. The van der Waals surface area contributed by atoms with E-state index in [1.165, 1.54) is 0 Å². The summed E-state index contributed by atoms with van der Waals surface area (Å²) in [5, 5.41) is 2.79. The van der Waals surface area contributed by atoms with Crippen LogP contribution in [0.15, 0.2) is 34.1 Å². The Morgan fingerprint density at radius 3 is 3.06 bits per heavy atom. The highest BCUT2D eigenvalue weighted by molar-refractivity contribution is 7.99. The highest BCUT2D eigenvalue weighted by Gasteiger charge is 2.13. The monoisotopic (exact) mass is 232 g/mol. The molecule has 0 spiro atoms. The molecule has 0 saturated carbocycles. The molecule has 3 nitrogen and oxygen atoms in total. The van der Waals surface area contributed by atoms with Crippen LogP contribution in [-0.2, 0) is 6.54 Å². The molecule has 1 aromatic heterocycles. The van der Waals surface area contributed by atoms with Crippen LogP contribution in [0.3, 0.4) is 0 Å². The Balaban J connectivity index is 2.40. The van der Waals surface area contributed by atoms with Crippen molar-refractivity contribution in [2.45, 2.75) is 18.0 Å². The van der Waals surface area contributed by atoms with E-state index >= 15 is 0 Å². The fraction of sp³-hybridized carbons (Fsp3) is 0.250. The number of nitrogens with zero attached hydrogens (tertiary/aromatic N) is 1. The van der Waals surface area contributed by atoms with E-state index < -0.39 is 0 Å². The third kappa shape index (κ3) is 1.41. The molecule has 0 aliphatic carbocycles. The van der Waals surface area contributed by atoms with Gasteiger partial charge in [0.05, 0.1) is 5.03 Å². The van der Waals surface area contributed by atoms with E-state index in [2.05, 4.69) is 6.07 Å². The number of hydrogen-bond donors (Lipinski definition) is 1. The van der Waals surface area contributed by atoms with Crippen LogP contribution in [0, 0.1) is 0 Å². The summed E-state index contributed by atoms with van der Waals surface area (Å²) < 4.78 is 1.86. The number of aromatic nitrogens is 1. The zero-order valence-corrected chi connectivity index (χ0v) is 9.59. The molecule has 0 fully saturated rings. The second kappa shape index (κ2) is 3.56. The van der Waals surface area contributed by atoms with Crippen molar-refractivity contribution in [1.82, 2.24) is 4.57 Å². The molecule has 0 amide bonds. The lowest BCUT2D eigenvalue weighted by Gasteiger charge is -2.18. The lowest BCUT2D eigenvalue weighted by molar-refractivity contribution is 0.596. The number of thioether (sulfide) groups is 1. The van der Waals surface area contributed by atoms with Gasteiger partial charge in [-0.2, -0.15) is 0 Å². The van der Waals surface area contributed by atoms with E-state index in [-0.39, 0.29) is 5.56 Å². The lowest BCUT2D eigenvalue weighted by Crippen LogP contribution is -2.24. The molecule has 3 rings (SSSR count). The van der Waals surface area contributed by atoms with Gasteiger partial charge in [-0.05, 0) is 30.0 Å². The van der Waals surface area contributed by atoms with Gasteiger partial charge in [0.2, 0.25) is 0 Å². The van der Waals surface area contributed by atoms with Crippen molar-refractivity contribution in [2.75, 3.05) is 11.5 Å². The average molecular weight is 232 g/mol. The third-order valence-electron chi connectivity index (χ3n) is 2.87. The summed E-state index contributed by atoms with van der Waals surface area (Å²) in [6, 6.07) is 7.61. The zero-order chi connectivity index (χ0) is 11.1. The highest BCUT2D eigenvalue weighted by atomic mass is 32.2. The first-order valence-corrected chi connectivity index (χ1v) is 6.30. The van der Waals surface area contributed by atoms with E-state index in [0.717, 1.165) is 34.5 Å². The van der Waals surface area contributed by atoms with Crippen molar-refractivity contribution in [3.05, 3.63) is 34.6 Å². The summed E-state index contributed by atoms with van der Waals surface area (Å²) in [7, 11) is 0. The van der Waals surface area contributed by atoms with Crippen molar-refractivity contribution in [3.8, 4) is 0 Å². The molecule has 0 saturated heterocycles. The predicted octanol–water partition coefficient (Wildman–Crippen LogP) is 2.08. The summed E-state index contributed by atoms with van der Waals surface area (Å²) in [6.07, 6.45) is 1.06. The fourth-order valence-electron chi connectivity index (χ4n) is 2.07. The number of anilines is 1. The van der Waals surface area contributed by atoms with Crippen molar-refractivity contribution in [1.29, 1.82) is 0 Å². The Hall–Kier alpha value is -1.42. The standard InChI is InChI=1S/C12H12N2OS/c13-9-3-2-8-6-11-14(4-1-5-16-11)12(15)10(8)7-9/h2-3,6-7H,1,4-5,13H2. The zero-order valence-electron chi connectivity index (χ0n) is 8.77. The van der Waals surface area contributed by atoms with Crippen LogP contribution in [0.2, 0.25) is 0 Å². The van der Waals surface area contributed by atoms with Crippen molar-refractivity contribution in [2.24, 2.45) is 0 Å². The van der Waals surface area contributed by atoms with Gasteiger partial charge in [-0.25, -0.2) is 0 Å². The normalized spacial score (nSPS) is 15.0. The largest absolute Gasteiger partial charge is 0.399 e. The first-order valence-electron chi connectivity index (χ1n) is 5.31. The molecule has 1 aliphatic heterocycles. The SMILES string of the molecule is Nc1ccc2cc3n(c(=O)c2c1)CCCS3. The minimum absolute atomic E-state index is 0.0898. The van der Waals surface area contributed by atoms with Gasteiger partial charge in [-0.1, -0.05) is 6.07 Å². The van der Waals surface area contributed by atoms with E-state index in [0.29, 0.717) is 5.69 Å². The van der Waals surface area contributed by atoms with Gasteiger partial charge in [-0.3, -0.25) is 4.79 Å². The topological polar surface area (TPSA) is 48.0 Å². The maximum absolute atomic E-state index is 12.2. The summed E-state index contributed by atoms with van der Waals surface area (Å²) in [5.41, 5.74) is 6.45. The van der Waals surface area contributed by atoms with Gasteiger partial charge >= 0.3 is 0 Å². The quantitative estimate of drug-likeness (QED) is 0.707. The molecule has 2 N–H and O–H groups in total. The first-order chi connectivity index (χ1) is 7.75. The highest BCUT2D eigenvalue weighted by Crippen LogP contribution is 2.26. The molecule has 16 heavy (non-hydrogen) atoms. The number of benzene rings is 1. The molecule has 1 aromatic carbocycles. The van der Waals surface area contributed by atoms with Gasteiger partial charge in [0, 0.05) is 23.4 Å². The number of nitrogens with two attached hydrogens (primary N) is 1. The first kappa shape index (κ1) is 9.78. The van der Waals surface area contributed by atoms with Crippen LogP contribution in [0.1, 0.15) is 6.42 Å². The summed E-state index contributed by atoms with van der Waals surface area (Å²) >= 11 is 1.75. The molecule has 1 aliphatic rings. The van der Waals surface area contributed by atoms with Gasteiger partial charge in [0.15, 0.2) is 0 Å². The van der Waals surface area contributed by atoms with Gasteiger partial charge < -0.3 is 10.3 Å². The maximum atomic E-state index is 12.2. The average Bonchev–Trinajstić information content (AvgIpc) is 2.31. The Kier molecular flexibility index (Phi) is 2.17. The molecular formula is C12H12N2OS. The molecular weight excluding hydrogens is 220 g/mol. The van der Waals surface area contributed by atoms with E-state index in [1.807, 2.05) is 16.7 Å². The van der Waals surface area contributed by atoms with Crippen LogP contribution < -0.4 is 11.3 Å². The van der Waals surface area contributed by atoms with Crippen molar-refractivity contribution in [3.63, 3.8) is 0 Å². The summed E-state index contributed by atoms with van der Waals surface area (Å²) in [5.74, 6) is 1.10. The Morgan fingerprint density at radius 1 is 1.31 bits per heavy atom. The van der Waals surface area contributed by atoms with Gasteiger partial charge in [-0.15, -0.1) is 11.8 Å². The molecule has 0 radical (unpaired) electrons. The number of pyridine rings is 1. The molecule has 0 unspecified atom stereocenters. The van der Waals surface area contributed by atoms with Crippen LogP contribution >= 0.6 is 11.8 Å². The molecule has 0 atom stereocenters. The maximum Gasteiger partial charge on any atom is 0.259 e. The molecule has 0 bridgehead atoms. The molecule has 2 aromatic rings. The Labute approximate surface area is 97.3 Å². The second-order valence-corrected chi connectivity index (χ2v) is 5.10. The van der Waals surface area contributed by atoms with Crippen LogP contribution in [0.5, 0.6) is 0 Å². The molecule has 82 valence electrons. The number of nitrogen functional groups attached to an aromatic ring is 1. The van der Waals surface area contributed by atoms with E-state index in [1.54, 1.807) is 17.8 Å². The smallest absolute Gasteiger partial charge is 0.259 e. The third-order valence-corrected chi connectivity index (χ3v) is 4.00. The molecule has 4 heteroatoms. The van der Waals surface area contributed by atoms with Crippen LogP contribution in [0.25, 0.3) is 10.8 Å². The number of hydrogen-bond acceptors (Lipinski definition) is 3. The van der Waals surface area contributed by atoms with E-state index in [9.17, 15) is 4.79 Å². The minimum atomic E-state index is 0.0898. The minimum Gasteiger partial charge on any atom is -0.399 e. The number of fused-ring (bicyclic) bond motifs is 2. The predicted molar refractivity (Wildman–Crippen MR) is 68.0 cm³/mol. The van der Waals surface area contributed by atoms with Gasteiger partial charge in [0.1, 0.15) is 0 Å². The lowest BCUT2D eigenvalue weighted by atomic mass is 10.1. The summed E-state index contributed by atoms with van der Waals surface area (Å²) in [4.78, 5) is 12.2. The van der Waals surface area contributed by atoms with E-state index in [4.69, 9.17) is 5.73 Å². The Bertz CT molecular complexity index is 618.